The van der Waals surface area contributed by atoms with E-state index >= 15 is 0 Å². The summed E-state index contributed by atoms with van der Waals surface area (Å²) in [5.74, 6) is 0.485. The highest BCUT2D eigenvalue weighted by Crippen LogP contribution is 2.28. The van der Waals surface area contributed by atoms with Crippen LogP contribution in [0.15, 0.2) is 39.2 Å². The van der Waals surface area contributed by atoms with Gasteiger partial charge in [0, 0.05) is 19.6 Å². The molecule has 2 aromatic rings. The number of nitrogens with one attached hydrogen (secondary N) is 1. The van der Waals surface area contributed by atoms with Gasteiger partial charge in [0.2, 0.25) is 10.0 Å². The molecule has 2 aromatic heterocycles. The lowest BCUT2D eigenvalue weighted by atomic mass is 10.1. The van der Waals surface area contributed by atoms with Crippen LogP contribution in [0.1, 0.15) is 60.0 Å². The topological polar surface area (TPSA) is 82.9 Å². The van der Waals surface area contributed by atoms with Crippen LogP contribution in [0.5, 0.6) is 0 Å². The van der Waals surface area contributed by atoms with Gasteiger partial charge in [-0.3, -0.25) is 9.69 Å². The third kappa shape index (κ3) is 4.64. The molecule has 1 N–H and O–H groups in total. The molecule has 4 heterocycles. The van der Waals surface area contributed by atoms with Crippen molar-refractivity contribution >= 4 is 27.3 Å². The Bertz CT molecular complexity index is 927. The summed E-state index contributed by atoms with van der Waals surface area (Å²) in [6, 6.07) is 5.30. The first-order valence-corrected chi connectivity index (χ1v) is 13.0. The van der Waals surface area contributed by atoms with Crippen LogP contribution in [0.25, 0.3) is 0 Å². The van der Waals surface area contributed by atoms with Crippen molar-refractivity contribution in [1.29, 1.82) is 0 Å². The van der Waals surface area contributed by atoms with Gasteiger partial charge in [-0.25, -0.2) is 8.42 Å². The van der Waals surface area contributed by atoms with Gasteiger partial charge in [0.15, 0.2) is 0 Å². The third-order valence-corrected chi connectivity index (χ3v) is 8.91. The number of likely N-dealkylation sites (tertiary alicyclic amines) is 1. The number of carbonyl (C=O) groups excluding carboxylic acids is 1. The van der Waals surface area contributed by atoms with Gasteiger partial charge in [-0.2, -0.15) is 4.31 Å². The van der Waals surface area contributed by atoms with E-state index in [1.54, 1.807) is 17.7 Å². The maximum Gasteiger partial charge on any atom is 0.262 e. The Hall–Kier alpha value is -1.68. The van der Waals surface area contributed by atoms with E-state index in [9.17, 15) is 13.2 Å². The quantitative estimate of drug-likeness (QED) is 0.697. The minimum absolute atomic E-state index is 0.0497. The Morgan fingerprint density at radius 2 is 1.77 bits per heavy atom. The molecule has 1 amide bonds. The van der Waals surface area contributed by atoms with Gasteiger partial charge in [-0.05, 0) is 62.4 Å². The molecule has 0 spiro atoms. The predicted octanol–water partition coefficient (Wildman–Crippen LogP) is 3.47. The van der Waals surface area contributed by atoms with Crippen LogP contribution in [-0.2, 0) is 10.0 Å². The highest BCUT2D eigenvalue weighted by molar-refractivity contribution is 7.89. The van der Waals surface area contributed by atoms with Crippen molar-refractivity contribution in [3.8, 4) is 0 Å². The van der Waals surface area contributed by atoms with Crippen LogP contribution >= 0.6 is 11.3 Å². The van der Waals surface area contributed by atoms with Gasteiger partial charge in [0.25, 0.3) is 5.91 Å². The Morgan fingerprint density at radius 1 is 1.07 bits per heavy atom. The second-order valence-corrected chi connectivity index (χ2v) is 10.7. The fraction of sp³-hybridized carbons (Fsp3) is 0.571. The zero-order valence-electron chi connectivity index (χ0n) is 17.1. The second-order valence-electron chi connectivity index (χ2n) is 7.92. The molecule has 0 saturated carbocycles. The van der Waals surface area contributed by atoms with E-state index in [0.717, 1.165) is 51.0 Å². The number of nitrogens with zero attached hydrogens (tertiary/aromatic N) is 2. The number of rotatable bonds is 7. The number of furan rings is 1. The molecule has 4 rings (SSSR count). The maximum atomic E-state index is 13.1. The average molecular weight is 452 g/mol. The third-order valence-electron chi connectivity index (χ3n) is 5.93. The van der Waals surface area contributed by atoms with Crippen LogP contribution in [0.3, 0.4) is 0 Å². The normalized spacial score (nSPS) is 20.1. The first kappa shape index (κ1) is 21.5. The summed E-state index contributed by atoms with van der Waals surface area (Å²) in [7, 11) is -3.64. The number of piperidine rings is 2. The van der Waals surface area contributed by atoms with E-state index in [-0.39, 0.29) is 21.7 Å². The number of carbonyl (C=O) groups is 1. The van der Waals surface area contributed by atoms with E-state index < -0.39 is 10.0 Å². The van der Waals surface area contributed by atoms with Crippen LogP contribution < -0.4 is 5.32 Å². The van der Waals surface area contributed by atoms with Crippen LogP contribution in [0, 0.1) is 0 Å². The summed E-state index contributed by atoms with van der Waals surface area (Å²) in [5, 5.41) is 4.65. The largest absolute Gasteiger partial charge is 0.468 e. The second kappa shape index (κ2) is 9.64. The number of thiophene rings is 1. The monoisotopic (exact) mass is 451 g/mol. The molecule has 1 unspecified atom stereocenters. The molecule has 0 bridgehead atoms. The van der Waals surface area contributed by atoms with Gasteiger partial charge in [0.05, 0.1) is 12.3 Å². The fourth-order valence-electron chi connectivity index (χ4n) is 4.30. The summed E-state index contributed by atoms with van der Waals surface area (Å²) in [6.45, 7) is 3.36. The van der Waals surface area contributed by atoms with Gasteiger partial charge < -0.3 is 9.73 Å². The molecule has 9 heteroatoms. The molecule has 164 valence electrons. The van der Waals surface area contributed by atoms with Crippen molar-refractivity contribution < 1.29 is 17.6 Å². The minimum Gasteiger partial charge on any atom is -0.468 e. The number of hydrogen-bond acceptors (Lipinski definition) is 6. The number of amides is 1. The Kier molecular flexibility index (Phi) is 6.92. The Balaban J connectivity index is 1.48. The van der Waals surface area contributed by atoms with Crippen molar-refractivity contribution in [3.63, 3.8) is 0 Å². The molecule has 2 aliphatic rings. The van der Waals surface area contributed by atoms with Gasteiger partial charge in [0.1, 0.15) is 15.5 Å². The van der Waals surface area contributed by atoms with Crippen molar-refractivity contribution in [2.24, 2.45) is 0 Å². The van der Waals surface area contributed by atoms with Crippen molar-refractivity contribution in [2.45, 2.75) is 49.5 Å². The lowest BCUT2D eigenvalue weighted by Crippen LogP contribution is -2.41. The summed E-state index contributed by atoms with van der Waals surface area (Å²) in [6.07, 6.45) is 7.92. The molecule has 30 heavy (non-hydrogen) atoms. The van der Waals surface area contributed by atoms with Crippen LogP contribution in [0.2, 0.25) is 0 Å². The number of sulfonamides is 1. The van der Waals surface area contributed by atoms with E-state index in [0.29, 0.717) is 19.6 Å². The molecule has 2 aliphatic heterocycles. The zero-order chi connectivity index (χ0) is 21.0. The van der Waals surface area contributed by atoms with Gasteiger partial charge in [-0.15, -0.1) is 11.3 Å². The standard InChI is InChI=1S/C21H29N3O4S2/c25-21(20-19(9-15-29-20)30(26,27)24-12-5-2-6-13-24)22-16-17(18-8-7-14-28-18)23-10-3-1-4-11-23/h7-9,14-15,17H,1-6,10-13,16H2,(H,22,25). The summed E-state index contributed by atoms with van der Waals surface area (Å²) in [4.78, 5) is 15.7. The van der Waals surface area contributed by atoms with Crippen LogP contribution in [-0.4, -0.2) is 56.3 Å². The highest BCUT2D eigenvalue weighted by Gasteiger charge is 2.32. The van der Waals surface area contributed by atoms with Gasteiger partial charge >= 0.3 is 0 Å². The Morgan fingerprint density at radius 3 is 2.43 bits per heavy atom. The molecule has 0 aliphatic carbocycles. The summed E-state index contributed by atoms with van der Waals surface area (Å²) in [5.41, 5.74) is 0. The fourth-order valence-corrected chi connectivity index (χ4v) is 7.13. The van der Waals surface area contributed by atoms with Crippen molar-refractivity contribution in [2.75, 3.05) is 32.7 Å². The lowest BCUT2D eigenvalue weighted by molar-refractivity contribution is 0.0915. The summed E-state index contributed by atoms with van der Waals surface area (Å²) < 4.78 is 33.3. The average Bonchev–Trinajstić information content (AvgIpc) is 3.48. The molecular formula is C21H29N3O4S2. The molecule has 2 fully saturated rings. The molecule has 2 saturated heterocycles. The van der Waals surface area contributed by atoms with E-state index in [2.05, 4.69) is 10.2 Å². The molecule has 0 aromatic carbocycles. The van der Waals surface area contributed by atoms with E-state index in [1.807, 2.05) is 12.1 Å². The SMILES string of the molecule is O=C(NCC(c1ccco1)N1CCCCC1)c1sccc1S(=O)(=O)N1CCCCC1. The van der Waals surface area contributed by atoms with Gasteiger partial charge in [-0.1, -0.05) is 12.8 Å². The molecule has 0 radical (unpaired) electrons. The number of hydrogen-bond donors (Lipinski definition) is 1. The lowest BCUT2D eigenvalue weighted by Gasteiger charge is -2.33. The van der Waals surface area contributed by atoms with Crippen molar-refractivity contribution in [1.82, 2.24) is 14.5 Å². The Labute approximate surface area is 182 Å². The first-order chi connectivity index (χ1) is 14.6. The smallest absolute Gasteiger partial charge is 0.262 e. The minimum atomic E-state index is -3.64. The van der Waals surface area contributed by atoms with E-state index in [1.165, 1.54) is 22.1 Å². The molecule has 7 nitrogen and oxygen atoms in total. The molecular weight excluding hydrogens is 422 g/mol. The van der Waals surface area contributed by atoms with Crippen molar-refractivity contribution in [3.05, 3.63) is 40.5 Å². The van der Waals surface area contributed by atoms with Crippen LogP contribution in [0.4, 0.5) is 0 Å². The maximum absolute atomic E-state index is 13.1. The highest BCUT2D eigenvalue weighted by atomic mass is 32.2. The summed E-state index contributed by atoms with van der Waals surface area (Å²) >= 11 is 1.18. The molecule has 1 atom stereocenters. The first-order valence-electron chi connectivity index (χ1n) is 10.7. The predicted molar refractivity (Wildman–Crippen MR) is 116 cm³/mol. The zero-order valence-corrected chi connectivity index (χ0v) is 18.7. The van der Waals surface area contributed by atoms with E-state index in [4.69, 9.17) is 4.42 Å².